The zero-order valence-corrected chi connectivity index (χ0v) is 10.4. The molecule has 0 heterocycles. The summed E-state index contributed by atoms with van der Waals surface area (Å²) in [6.07, 6.45) is 1.03. The van der Waals surface area contributed by atoms with Crippen molar-refractivity contribution in [1.29, 1.82) is 0 Å². The fourth-order valence-corrected chi connectivity index (χ4v) is 1.50. The predicted molar refractivity (Wildman–Crippen MR) is 67.7 cm³/mol. The Balaban J connectivity index is 2.80. The first-order chi connectivity index (χ1) is 8.69. The minimum absolute atomic E-state index is 0.0483. The predicted octanol–water partition coefficient (Wildman–Crippen LogP) is 1.47. The van der Waals surface area contributed by atoms with E-state index in [1.54, 1.807) is 12.1 Å². The Hall–Kier alpha value is -1.66. The van der Waals surface area contributed by atoms with E-state index >= 15 is 0 Å². The zero-order valence-electron chi connectivity index (χ0n) is 10.4. The minimum Gasteiger partial charge on any atom is -0.484 e. The van der Waals surface area contributed by atoms with Gasteiger partial charge in [0.25, 0.3) is 0 Å². The lowest BCUT2D eigenvalue weighted by Crippen LogP contribution is -2.14. The molecule has 1 aromatic rings. The fourth-order valence-electron chi connectivity index (χ4n) is 1.50. The molecule has 0 spiro atoms. The molecule has 0 saturated heterocycles. The van der Waals surface area contributed by atoms with Gasteiger partial charge >= 0.3 is 5.69 Å². The van der Waals surface area contributed by atoms with Gasteiger partial charge < -0.3 is 15.2 Å². The average Bonchev–Trinajstić information content (AvgIpc) is 2.36. The van der Waals surface area contributed by atoms with Crippen LogP contribution in [0.1, 0.15) is 18.9 Å². The topological polar surface area (TPSA) is 84.6 Å². The standard InChI is InChI=1S/C12H18N2O4/c1-2-5-13-9-10-3-4-11(14(16)17)12(8-10)18-7-6-15/h3-4,8,13,15H,2,5-7,9H2,1H3. The Morgan fingerprint density at radius 1 is 1.50 bits per heavy atom. The summed E-state index contributed by atoms with van der Waals surface area (Å²) in [5.41, 5.74) is 0.838. The summed E-state index contributed by atoms with van der Waals surface area (Å²) in [6.45, 7) is 3.48. The molecule has 1 rings (SSSR count). The number of nitrogens with zero attached hydrogens (tertiary/aromatic N) is 1. The number of hydrogen-bond acceptors (Lipinski definition) is 5. The van der Waals surface area contributed by atoms with Gasteiger partial charge in [0, 0.05) is 12.6 Å². The highest BCUT2D eigenvalue weighted by atomic mass is 16.6. The molecular weight excluding hydrogens is 236 g/mol. The van der Waals surface area contributed by atoms with E-state index in [9.17, 15) is 10.1 Å². The molecule has 1 aromatic carbocycles. The van der Waals surface area contributed by atoms with Gasteiger partial charge in [-0.3, -0.25) is 10.1 Å². The van der Waals surface area contributed by atoms with Crippen LogP contribution in [0.4, 0.5) is 5.69 Å². The summed E-state index contributed by atoms with van der Waals surface area (Å²) < 4.78 is 5.18. The van der Waals surface area contributed by atoms with Crippen molar-refractivity contribution in [3.05, 3.63) is 33.9 Å². The maximum absolute atomic E-state index is 10.8. The lowest BCUT2D eigenvalue weighted by molar-refractivity contribution is -0.385. The molecule has 18 heavy (non-hydrogen) atoms. The van der Waals surface area contributed by atoms with E-state index in [-0.39, 0.29) is 24.7 Å². The normalized spacial score (nSPS) is 10.3. The Labute approximate surface area is 106 Å². The molecule has 0 saturated carbocycles. The third kappa shape index (κ3) is 4.31. The van der Waals surface area contributed by atoms with Gasteiger partial charge in [0.2, 0.25) is 0 Å². The third-order valence-electron chi connectivity index (χ3n) is 2.33. The highest BCUT2D eigenvalue weighted by molar-refractivity contribution is 5.48. The Morgan fingerprint density at radius 3 is 2.89 bits per heavy atom. The molecule has 2 N–H and O–H groups in total. The molecule has 0 aromatic heterocycles. The molecule has 0 amide bonds. The number of hydrogen-bond donors (Lipinski definition) is 2. The molecule has 0 bridgehead atoms. The van der Waals surface area contributed by atoms with Gasteiger partial charge in [-0.2, -0.15) is 0 Å². The third-order valence-corrected chi connectivity index (χ3v) is 2.33. The van der Waals surface area contributed by atoms with E-state index < -0.39 is 4.92 Å². The molecule has 0 fully saturated rings. The summed E-state index contributed by atoms with van der Waals surface area (Å²) in [5, 5.41) is 22.7. The van der Waals surface area contributed by atoms with E-state index in [0.717, 1.165) is 18.5 Å². The monoisotopic (exact) mass is 254 g/mol. The number of rotatable bonds is 8. The van der Waals surface area contributed by atoms with Crippen molar-refractivity contribution >= 4 is 5.69 Å². The van der Waals surface area contributed by atoms with Gasteiger partial charge in [0.05, 0.1) is 11.5 Å². The second-order valence-corrected chi connectivity index (χ2v) is 3.81. The van der Waals surface area contributed by atoms with Crippen LogP contribution in [0.5, 0.6) is 5.75 Å². The quantitative estimate of drug-likeness (QED) is 0.417. The van der Waals surface area contributed by atoms with E-state index in [2.05, 4.69) is 12.2 Å². The van der Waals surface area contributed by atoms with Crippen molar-refractivity contribution in [2.45, 2.75) is 19.9 Å². The molecule has 6 heteroatoms. The van der Waals surface area contributed by atoms with Gasteiger partial charge in [0.1, 0.15) is 6.61 Å². The number of nitro groups is 1. The van der Waals surface area contributed by atoms with Gasteiger partial charge in [-0.25, -0.2) is 0 Å². The fraction of sp³-hybridized carbons (Fsp3) is 0.500. The van der Waals surface area contributed by atoms with Crippen LogP contribution in [0.2, 0.25) is 0 Å². The molecule has 0 atom stereocenters. The van der Waals surface area contributed by atoms with E-state index in [4.69, 9.17) is 9.84 Å². The van der Waals surface area contributed by atoms with Gasteiger partial charge in [-0.15, -0.1) is 0 Å². The molecule has 100 valence electrons. The summed E-state index contributed by atoms with van der Waals surface area (Å²) in [6, 6.07) is 4.76. The van der Waals surface area contributed by atoms with Crippen molar-refractivity contribution < 1.29 is 14.8 Å². The summed E-state index contributed by atoms with van der Waals surface area (Å²) >= 11 is 0. The largest absolute Gasteiger partial charge is 0.484 e. The maximum Gasteiger partial charge on any atom is 0.310 e. The van der Waals surface area contributed by atoms with Gasteiger partial charge in [-0.1, -0.05) is 13.0 Å². The lowest BCUT2D eigenvalue weighted by atomic mass is 10.2. The molecule has 0 aliphatic heterocycles. The van der Waals surface area contributed by atoms with E-state index in [1.807, 2.05) is 0 Å². The number of ether oxygens (including phenoxy) is 1. The Kier molecular flexibility index (Phi) is 6.10. The number of benzene rings is 1. The SMILES string of the molecule is CCCNCc1ccc([N+](=O)[O-])c(OCCO)c1. The minimum atomic E-state index is -0.490. The van der Waals surface area contributed by atoms with Crippen LogP contribution >= 0.6 is 0 Å². The van der Waals surface area contributed by atoms with Gasteiger partial charge in [-0.05, 0) is 24.6 Å². The van der Waals surface area contributed by atoms with Crippen molar-refractivity contribution in [1.82, 2.24) is 5.32 Å². The number of aliphatic hydroxyl groups excluding tert-OH is 1. The Bertz CT molecular complexity index is 396. The summed E-state index contributed by atoms with van der Waals surface area (Å²) in [7, 11) is 0. The number of aliphatic hydroxyl groups is 1. The van der Waals surface area contributed by atoms with Gasteiger partial charge in [0.15, 0.2) is 5.75 Å². The lowest BCUT2D eigenvalue weighted by Gasteiger charge is -2.08. The van der Waals surface area contributed by atoms with Crippen LogP contribution in [0.25, 0.3) is 0 Å². The first kappa shape index (κ1) is 14.4. The van der Waals surface area contributed by atoms with Crippen molar-refractivity contribution in [2.75, 3.05) is 19.8 Å². The van der Waals surface area contributed by atoms with Crippen LogP contribution in [0.3, 0.4) is 0 Å². The molecule has 0 radical (unpaired) electrons. The molecule has 0 unspecified atom stereocenters. The van der Waals surface area contributed by atoms with Crippen LogP contribution in [0, 0.1) is 10.1 Å². The van der Waals surface area contributed by atoms with Crippen LogP contribution in [-0.4, -0.2) is 29.8 Å². The van der Waals surface area contributed by atoms with E-state index in [1.165, 1.54) is 6.07 Å². The smallest absolute Gasteiger partial charge is 0.310 e. The average molecular weight is 254 g/mol. The number of nitro benzene ring substituents is 1. The van der Waals surface area contributed by atoms with Crippen molar-refractivity contribution in [3.8, 4) is 5.75 Å². The molecule has 0 aliphatic carbocycles. The number of nitrogens with one attached hydrogen (secondary N) is 1. The van der Waals surface area contributed by atoms with Crippen LogP contribution < -0.4 is 10.1 Å². The second-order valence-electron chi connectivity index (χ2n) is 3.81. The van der Waals surface area contributed by atoms with Crippen molar-refractivity contribution in [2.24, 2.45) is 0 Å². The Morgan fingerprint density at radius 2 is 2.28 bits per heavy atom. The highest BCUT2D eigenvalue weighted by Gasteiger charge is 2.15. The zero-order chi connectivity index (χ0) is 13.4. The first-order valence-corrected chi connectivity index (χ1v) is 5.90. The van der Waals surface area contributed by atoms with Crippen LogP contribution in [0.15, 0.2) is 18.2 Å². The highest BCUT2D eigenvalue weighted by Crippen LogP contribution is 2.27. The molecule has 0 aliphatic rings. The van der Waals surface area contributed by atoms with Crippen molar-refractivity contribution in [3.63, 3.8) is 0 Å². The molecule has 6 nitrogen and oxygen atoms in total. The maximum atomic E-state index is 10.8. The van der Waals surface area contributed by atoms with Crippen LogP contribution in [-0.2, 0) is 6.54 Å². The first-order valence-electron chi connectivity index (χ1n) is 5.90. The summed E-state index contributed by atoms with van der Waals surface area (Å²) in [4.78, 5) is 10.3. The summed E-state index contributed by atoms with van der Waals surface area (Å²) in [5.74, 6) is 0.199. The molecular formula is C12H18N2O4. The van der Waals surface area contributed by atoms with E-state index in [0.29, 0.717) is 6.54 Å². The second kappa shape index (κ2) is 7.62.